The molecule has 0 fully saturated rings. The van der Waals surface area contributed by atoms with Crippen LogP contribution in [0.2, 0.25) is 0 Å². The van der Waals surface area contributed by atoms with E-state index >= 15 is 0 Å². The molecule has 65 heavy (non-hydrogen) atoms. The molecule has 0 heterocycles. The van der Waals surface area contributed by atoms with Gasteiger partial charge in [0.2, 0.25) is 5.91 Å². The Balaban J connectivity index is 4.70. The predicted octanol–water partition coefficient (Wildman–Crippen LogP) is 20.9. The highest BCUT2D eigenvalue weighted by Crippen LogP contribution is 2.27. The Morgan fingerprint density at radius 1 is 0.415 bits per heavy atom. The molecule has 3 atom stereocenters. The van der Waals surface area contributed by atoms with Crippen LogP contribution in [0.25, 0.3) is 0 Å². The van der Waals surface area contributed by atoms with E-state index in [0.29, 0.717) is 18.3 Å². The van der Waals surface area contributed by atoms with E-state index in [-0.39, 0.29) is 5.91 Å². The summed E-state index contributed by atoms with van der Waals surface area (Å²) in [6.45, 7) is 13.5. The molecule has 0 rings (SSSR count). The maximum Gasteiger partial charge on any atom is 0.220 e. The summed E-state index contributed by atoms with van der Waals surface area (Å²) in [5.41, 5.74) is 1.74. The van der Waals surface area contributed by atoms with Gasteiger partial charge in [0.05, 0.1) is 0 Å². The number of unbranched alkanes of at least 4 members (excludes halogenated alkanes) is 35. The number of nitrogens with zero attached hydrogens (tertiary/aromatic N) is 1. The lowest BCUT2D eigenvalue weighted by Crippen LogP contribution is -2.29. The van der Waals surface area contributed by atoms with Crippen LogP contribution < -0.4 is 5.32 Å². The highest BCUT2D eigenvalue weighted by molar-refractivity contribution is 5.75. The van der Waals surface area contributed by atoms with Gasteiger partial charge in [-0.15, -0.1) is 0 Å². The van der Waals surface area contributed by atoms with Gasteiger partial charge in [-0.25, -0.2) is 0 Å². The van der Waals surface area contributed by atoms with Crippen molar-refractivity contribution < 1.29 is 4.79 Å². The molecule has 0 aliphatic carbocycles. The van der Waals surface area contributed by atoms with E-state index in [2.05, 4.69) is 65.0 Å². The Hall–Kier alpha value is -0.830. The van der Waals surface area contributed by atoms with Crippen molar-refractivity contribution in [2.45, 2.75) is 336 Å². The molecule has 3 unspecified atom stereocenters. The summed E-state index contributed by atoms with van der Waals surface area (Å²) in [6.07, 6.45) is 68.8. The molecule has 0 aromatic carbocycles. The zero-order chi connectivity index (χ0) is 47.5. The van der Waals surface area contributed by atoms with Crippen molar-refractivity contribution in [1.29, 1.82) is 0 Å². The highest BCUT2D eigenvalue weighted by atomic mass is 16.1. The van der Waals surface area contributed by atoms with Gasteiger partial charge < -0.3 is 10.2 Å². The van der Waals surface area contributed by atoms with Crippen LogP contribution in [0.15, 0.2) is 11.6 Å². The molecule has 0 bridgehead atoms. The Morgan fingerprint density at radius 3 is 1.05 bits per heavy atom. The smallest absolute Gasteiger partial charge is 0.220 e. The minimum absolute atomic E-state index is 0.221. The molecule has 1 amide bonds. The summed E-state index contributed by atoms with van der Waals surface area (Å²) in [5.74, 6) is 2.31. The average molecular weight is 914 g/mol. The van der Waals surface area contributed by atoms with Gasteiger partial charge in [-0.1, -0.05) is 303 Å². The van der Waals surface area contributed by atoms with Gasteiger partial charge in [0.1, 0.15) is 0 Å². The molecule has 0 aliphatic rings. The van der Waals surface area contributed by atoms with E-state index in [4.69, 9.17) is 0 Å². The summed E-state index contributed by atoms with van der Waals surface area (Å²) in [7, 11) is 4.16. The van der Waals surface area contributed by atoms with Crippen LogP contribution >= 0.6 is 0 Å². The predicted molar refractivity (Wildman–Crippen MR) is 295 cm³/mol. The topological polar surface area (TPSA) is 32.3 Å². The first-order valence-corrected chi connectivity index (χ1v) is 30.4. The molecule has 3 nitrogen and oxygen atoms in total. The third kappa shape index (κ3) is 50.9. The van der Waals surface area contributed by atoms with Gasteiger partial charge in [-0.3, -0.25) is 4.79 Å². The van der Waals surface area contributed by atoms with Gasteiger partial charge in [-0.2, -0.15) is 0 Å². The number of rotatable bonds is 54. The van der Waals surface area contributed by atoms with Gasteiger partial charge in [-0.05, 0) is 76.9 Å². The SMILES string of the molecule is CCCCCCCCCCCCCCCCCC/C(=C\C(C)CC(C)CNC(=O)CCCN(C)C)CCCCCCCCC(CCCCCCCCCC)CCCCCCCCCCC. The standard InChI is InChI=1S/C62H124N2O/c1-8-11-14-17-20-23-24-25-26-27-28-29-31-34-40-45-51-61(56-58(4)55-59(5)57-63-62(65)53-47-54-64(6)7)52-46-41-36-35-39-44-50-60(48-42-37-32-22-19-16-13-10-3)49-43-38-33-30-21-18-15-12-9-2/h56,58-60H,8-55,57H2,1-7H3,(H,63,65)/b61-56+. The van der Waals surface area contributed by atoms with Crippen molar-refractivity contribution in [3.8, 4) is 0 Å². The number of carbonyl (C=O) groups is 1. The van der Waals surface area contributed by atoms with Crippen molar-refractivity contribution in [2.24, 2.45) is 17.8 Å². The molecule has 0 spiro atoms. The largest absolute Gasteiger partial charge is 0.356 e. The van der Waals surface area contributed by atoms with Crippen molar-refractivity contribution >= 4 is 5.91 Å². The summed E-state index contributed by atoms with van der Waals surface area (Å²) >= 11 is 0. The van der Waals surface area contributed by atoms with Crippen LogP contribution in [0.1, 0.15) is 336 Å². The van der Waals surface area contributed by atoms with E-state index < -0.39 is 0 Å². The lowest BCUT2D eigenvalue weighted by molar-refractivity contribution is -0.121. The second-order valence-corrected chi connectivity index (χ2v) is 22.3. The number of hydrogen-bond donors (Lipinski definition) is 1. The fourth-order valence-corrected chi connectivity index (χ4v) is 10.5. The van der Waals surface area contributed by atoms with Crippen molar-refractivity contribution in [3.63, 3.8) is 0 Å². The van der Waals surface area contributed by atoms with Crippen LogP contribution in [0.5, 0.6) is 0 Å². The van der Waals surface area contributed by atoms with Crippen molar-refractivity contribution in [3.05, 3.63) is 11.6 Å². The van der Waals surface area contributed by atoms with Crippen LogP contribution in [0.3, 0.4) is 0 Å². The summed E-state index contributed by atoms with van der Waals surface area (Å²) < 4.78 is 0. The third-order valence-electron chi connectivity index (χ3n) is 14.8. The van der Waals surface area contributed by atoms with Gasteiger partial charge in [0.15, 0.2) is 0 Å². The normalized spacial score (nSPS) is 13.5. The maximum absolute atomic E-state index is 12.4. The molecule has 0 saturated heterocycles. The van der Waals surface area contributed by atoms with Crippen LogP contribution in [0, 0.1) is 17.8 Å². The third-order valence-corrected chi connectivity index (χ3v) is 14.8. The number of hydrogen-bond acceptors (Lipinski definition) is 2. The van der Waals surface area contributed by atoms with Crippen LogP contribution in [0.4, 0.5) is 0 Å². The molecule has 3 heteroatoms. The van der Waals surface area contributed by atoms with Gasteiger partial charge in [0, 0.05) is 13.0 Å². The second kappa shape index (κ2) is 52.5. The molecule has 1 N–H and O–H groups in total. The van der Waals surface area contributed by atoms with E-state index in [1.54, 1.807) is 5.57 Å². The maximum atomic E-state index is 12.4. The molecular weight excluding hydrogens is 789 g/mol. The van der Waals surface area contributed by atoms with E-state index in [0.717, 1.165) is 25.4 Å². The van der Waals surface area contributed by atoms with E-state index in [9.17, 15) is 4.79 Å². The van der Waals surface area contributed by atoms with Crippen molar-refractivity contribution in [1.82, 2.24) is 10.2 Å². The summed E-state index contributed by atoms with van der Waals surface area (Å²) in [5, 5.41) is 3.23. The van der Waals surface area contributed by atoms with Gasteiger partial charge in [0.25, 0.3) is 0 Å². The lowest BCUT2D eigenvalue weighted by atomic mass is 9.89. The molecular formula is C62H124N2O. The Morgan fingerprint density at radius 2 is 0.723 bits per heavy atom. The Bertz CT molecular complexity index is 958. The Kier molecular flexibility index (Phi) is 51.9. The Labute approximate surface area is 412 Å². The number of nitrogens with one attached hydrogen (secondary N) is 1. The molecule has 0 saturated carbocycles. The molecule has 0 aromatic heterocycles. The number of carbonyl (C=O) groups excluding carboxylic acids is 1. The van der Waals surface area contributed by atoms with E-state index in [1.807, 2.05) is 0 Å². The number of allylic oxidation sites excluding steroid dienone is 2. The monoisotopic (exact) mass is 913 g/mol. The second-order valence-electron chi connectivity index (χ2n) is 22.3. The quantitative estimate of drug-likeness (QED) is 0.0487. The molecule has 0 aliphatic heterocycles. The molecule has 388 valence electrons. The van der Waals surface area contributed by atoms with Gasteiger partial charge >= 0.3 is 0 Å². The fraction of sp³-hybridized carbons (Fsp3) is 0.952. The highest BCUT2D eigenvalue weighted by Gasteiger charge is 2.12. The minimum atomic E-state index is 0.221. The first-order valence-electron chi connectivity index (χ1n) is 30.4. The molecule has 0 aromatic rings. The first kappa shape index (κ1) is 64.2. The minimum Gasteiger partial charge on any atom is -0.356 e. The average Bonchev–Trinajstić information content (AvgIpc) is 3.28. The molecule has 0 radical (unpaired) electrons. The zero-order valence-electron chi connectivity index (χ0n) is 46.3. The number of amides is 1. The lowest BCUT2D eigenvalue weighted by Gasteiger charge is -2.18. The summed E-state index contributed by atoms with van der Waals surface area (Å²) in [4.78, 5) is 14.6. The van der Waals surface area contributed by atoms with E-state index in [1.165, 1.54) is 289 Å². The van der Waals surface area contributed by atoms with Crippen LogP contribution in [-0.2, 0) is 4.79 Å². The first-order chi connectivity index (χ1) is 31.8. The zero-order valence-corrected chi connectivity index (χ0v) is 46.3. The summed E-state index contributed by atoms with van der Waals surface area (Å²) in [6, 6.07) is 0. The fourth-order valence-electron chi connectivity index (χ4n) is 10.5. The van der Waals surface area contributed by atoms with Crippen molar-refractivity contribution in [2.75, 3.05) is 27.2 Å². The van der Waals surface area contributed by atoms with Crippen LogP contribution in [-0.4, -0.2) is 38.0 Å².